The Morgan fingerprint density at radius 1 is 0.957 bits per heavy atom. The Hall–Kier alpha value is -2.20. The lowest BCUT2D eigenvalue weighted by atomic mass is 10.1. The molecule has 1 fully saturated rings. The number of hydrogen-bond acceptors (Lipinski definition) is 3. The van der Waals surface area contributed by atoms with Crippen LogP contribution in [0.2, 0.25) is 0 Å². The van der Waals surface area contributed by atoms with Crippen LogP contribution in [-0.4, -0.2) is 46.9 Å². The summed E-state index contributed by atoms with van der Waals surface area (Å²) in [7, 11) is 0. The van der Waals surface area contributed by atoms with Crippen molar-refractivity contribution in [3.63, 3.8) is 0 Å². The summed E-state index contributed by atoms with van der Waals surface area (Å²) in [6.07, 6.45) is 3.06. The van der Waals surface area contributed by atoms with Gasteiger partial charge in [-0.05, 0) is 24.1 Å². The van der Waals surface area contributed by atoms with E-state index in [2.05, 4.69) is 34.1 Å². The highest BCUT2D eigenvalue weighted by Gasteiger charge is 2.20. The van der Waals surface area contributed by atoms with E-state index in [0.29, 0.717) is 6.42 Å². The Labute approximate surface area is 137 Å². The molecule has 0 radical (unpaired) electrons. The average molecular weight is 309 g/mol. The number of benzene rings is 1. The van der Waals surface area contributed by atoms with Crippen LogP contribution in [0.5, 0.6) is 0 Å². The maximum atomic E-state index is 12.3. The minimum Gasteiger partial charge on any atom is -0.340 e. The highest BCUT2D eigenvalue weighted by atomic mass is 16.2. The van der Waals surface area contributed by atoms with Crippen LogP contribution in [0.3, 0.4) is 0 Å². The summed E-state index contributed by atoms with van der Waals surface area (Å²) in [4.78, 5) is 21.0. The van der Waals surface area contributed by atoms with Crippen molar-refractivity contribution in [3.8, 4) is 0 Å². The number of carbonyl (C=O) groups is 1. The molecule has 1 aromatic carbocycles. The molecule has 1 saturated heterocycles. The molecule has 1 aliphatic heterocycles. The number of pyridine rings is 1. The second-order valence-electron chi connectivity index (χ2n) is 5.96. The first-order valence-electron chi connectivity index (χ1n) is 8.25. The van der Waals surface area contributed by atoms with Gasteiger partial charge in [-0.2, -0.15) is 0 Å². The molecular formula is C19H23N3O. The van der Waals surface area contributed by atoms with E-state index in [1.165, 1.54) is 5.56 Å². The number of aryl methyl sites for hydroxylation is 1. The monoisotopic (exact) mass is 309 g/mol. The van der Waals surface area contributed by atoms with E-state index in [4.69, 9.17) is 0 Å². The Morgan fingerprint density at radius 2 is 1.70 bits per heavy atom. The highest BCUT2D eigenvalue weighted by molar-refractivity contribution is 5.76. The minimum atomic E-state index is 0.245. The van der Waals surface area contributed by atoms with Crippen LogP contribution in [0.4, 0.5) is 0 Å². The fourth-order valence-corrected chi connectivity index (χ4v) is 2.94. The number of aromatic nitrogens is 1. The molecule has 0 spiro atoms. The van der Waals surface area contributed by atoms with Gasteiger partial charge in [-0.1, -0.05) is 36.4 Å². The van der Waals surface area contributed by atoms with Crippen molar-refractivity contribution < 1.29 is 4.79 Å². The van der Waals surface area contributed by atoms with Gasteiger partial charge in [0.2, 0.25) is 5.91 Å². The van der Waals surface area contributed by atoms with Gasteiger partial charge >= 0.3 is 0 Å². The third-order valence-corrected chi connectivity index (χ3v) is 4.30. The lowest BCUT2D eigenvalue weighted by molar-refractivity contribution is -0.133. The molecule has 23 heavy (non-hydrogen) atoms. The molecule has 1 amide bonds. The number of carbonyl (C=O) groups excluding carboxylic acids is 1. The molecule has 2 heterocycles. The van der Waals surface area contributed by atoms with Gasteiger partial charge in [-0.3, -0.25) is 14.7 Å². The van der Waals surface area contributed by atoms with E-state index in [-0.39, 0.29) is 5.91 Å². The maximum absolute atomic E-state index is 12.3. The van der Waals surface area contributed by atoms with Crippen molar-refractivity contribution >= 4 is 5.91 Å². The quantitative estimate of drug-likeness (QED) is 0.851. The third kappa shape index (κ3) is 4.63. The highest BCUT2D eigenvalue weighted by Crippen LogP contribution is 2.10. The van der Waals surface area contributed by atoms with Gasteiger partial charge in [0.1, 0.15) is 0 Å². The zero-order valence-corrected chi connectivity index (χ0v) is 13.4. The molecule has 2 aromatic rings. The van der Waals surface area contributed by atoms with Crippen molar-refractivity contribution in [3.05, 3.63) is 66.0 Å². The van der Waals surface area contributed by atoms with Gasteiger partial charge in [0.25, 0.3) is 0 Å². The standard InChI is InChI=1S/C19H23N3O/c23-19(10-9-18-8-4-5-11-20-18)22-14-12-21(13-15-22)16-17-6-2-1-3-7-17/h1-8,11H,9-10,12-16H2. The zero-order valence-electron chi connectivity index (χ0n) is 13.4. The van der Waals surface area contributed by atoms with Gasteiger partial charge in [0.05, 0.1) is 0 Å². The summed E-state index contributed by atoms with van der Waals surface area (Å²) >= 11 is 0. The molecule has 4 nitrogen and oxygen atoms in total. The van der Waals surface area contributed by atoms with Crippen LogP contribution in [0.1, 0.15) is 17.7 Å². The maximum Gasteiger partial charge on any atom is 0.223 e. The summed E-state index contributed by atoms with van der Waals surface area (Å²) in [5, 5.41) is 0. The molecule has 0 unspecified atom stereocenters. The van der Waals surface area contributed by atoms with E-state index in [1.807, 2.05) is 29.2 Å². The Balaban J connectivity index is 1.42. The molecule has 0 N–H and O–H groups in total. The predicted molar refractivity (Wildman–Crippen MR) is 90.9 cm³/mol. The topological polar surface area (TPSA) is 36.4 Å². The van der Waals surface area contributed by atoms with Crippen LogP contribution in [-0.2, 0) is 17.8 Å². The normalized spacial score (nSPS) is 15.6. The lowest BCUT2D eigenvalue weighted by Gasteiger charge is -2.34. The minimum absolute atomic E-state index is 0.245. The Morgan fingerprint density at radius 3 is 2.39 bits per heavy atom. The summed E-state index contributed by atoms with van der Waals surface area (Å²) < 4.78 is 0. The summed E-state index contributed by atoms with van der Waals surface area (Å²) in [6, 6.07) is 16.4. The van der Waals surface area contributed by atoms with Gasteiger partial charge in [-0.25, -0.2) is 0 Å². The van der Waals surface area contributed by atoms with Crippen LogP contribution in [0, 0.1) is 0 Å². The molecule has 3 rings (SSSR count). The molecule has 1 aliphatic rings. The van der Waals surface area contributed by atoms with Crippen molar-refractivity contribution in [2.75, 3.05) is 26.2 Å². The van der Waals surface area contributed by atoms with Gasteiger partial charge in [0.15, 0.2) is 0 Å². The SMILES string of the molecule is O=C(CCc1ccccn1)N1CCN(Cc2ccccc2)CC1. The van der Waals surface area contributed by atoms with Gasteiger partial charge in [0, 0.05) is 51.0 Å². The molecule has 0 saturated carbocycles. The molecule has 120 valence electrons. The summed E-state index contributed by atoms with van der Waals surface area (Å²) in [6.45, 7) is 4.52. The molecule has 0 aliphatic carbocycles. The van der Waals surface area contributed by atoms with Crippen molar-refractivity contribution in [1.82, 2.24) is 14.8 Å². The summed E-state index contributed by atoms with van der Waals surface area (Å²) in [5.74, 6) is 0.245. The van der Waals surface area contributed by atoms with Crippen LogP contribution >= 0.6 is 0 Å². The predicted octanol–water partition coefficient (Wildman–Crippen LogP) is 2.36. The number of rotatable bonds is 5. The molecule has 1 aromatic heterocycles. The number of nitrogens with zero attached hydrogens (tertiary/aromatic N) is 3. The fraction of sp³-hybridized carbons (Fsp3) is 0.368. The van der Waals surface area contributed by atoms with Crippen molar-refractivity contribution in [2.24, 2.45) is 0 Å². The van der Waals surface area contributed by atoms with E-state index in [0.717, 1.165) is 44.8 Å². The van der Waals surface area contributed by atoms with Gasteiger partial charge in [-0.15, -0.1) is 0 Å². The Bertz CT molecular complexity index is 607. The molecule has 0 bridgehead atoms. The second kappa shape index (κ2) is 7.88. The first-order chi connectivity index (χ1) is 11.3. The first kappa shape index (κ1) is 15.7. The molecular weight excluding hydrogens is 286 g/mol. The fourth-order valence-electron chi connectivity index (χ4n) is 2.94. The average Bonchev–Trinajstić information content (AvgIpc) is 2.62. The van der Waals surface area contributed by atoms with E-state index in [9.17, 15) is 4.79 Å². The summed E-state index contributed by atoms with van der Waals surface area (Å²) in [5.41, 5.74) is 2.32. The van der Waals surface area contributed by atoms with Crippen molar-refractivity contribution in [2.45, 2.75) is 19.4 Å². The smallest absolute Gasteiger partial charge is 0.223 e. The number of piperazine rings is 1. The largest absolute Gasteiger partial charge is 0.340 e. The molecule has 0 atom stereocenters. The van der Waals surface area contributed by atoms with Crippen molar-refractivity contribution in [1.29, 1.82) is 0 Å². The van der Waals surface area contributed by atoms with E-state index >= 15 is 0 Å². The van der Waals surface area contributed by atoms with E-state index < -0.39 is 0 Å². The van der Waals surface area contributed by atoms with Crippen LogP contribution in [0.15, 0.2) is 54.7 Å². The molecule has 4 heteroatoms. The van der Waals surface area contributed by atoms with Crippen LogP contribution in [0.25, 0.3) is 0 Å². The number of hydrogen-bond donors (Lipinski definition) is 0. The second-order valence-corrected chi connectivity index (χ2v) is 5.96. The lowest BCUT2D eigenvalue weighted by Crippen LogP contribution is -2.48. The number of amides is 1. The van der Waals surface area contributed by atoms with Gasteiger partial charge < -0.3 is 4.90 Å². The van der Waals surface area contributed by atoms with Crippen LogP contribution < -0.4 is 0 Å². The third-order valence-electron chi connectivity index (χ3n) is 4.30. The van der Waals surface area contributed by atoms with E-state index in [1.54, 1.807) is 6.20 Å². The Kier molecular flexibility index (Phi) is 5.37. The zero-order chi connectivity index (χ0) is 15.9. The first-order valence-corrected chi connectivity index (χ1v) is 8.25.